The quantitative estimate of drug-likeness (QED) is 0.591. The molecule has 6 heteroatoms. The van der Waals surface area contributed by atoms with E-state index in [1.807, 2.05) is 63.2 Å². The molecule has 0 bridgehead atoms. The highest BCUT2D eigenvalue weighted by molar-refractivity contribution is 7.19. The van der Waals surface area contributed by atoms with Crippen molar-refractivity contribution in [1.29, 1.82) is 0 Å². The summed E-state index contributed by atoms with van der Waals surface area (Å²) in [6.45, 7) is 6.61. The van der Waals surface area contributed by atoms with Gasteiger partial charge in [0.15, 0.2) is 5.13 Å². The first kappa shape index (κ1) is 19.3. The van der Waals surface area contributed by atoms with Gasteiger partial charge in [0, 0.05) is 11.1 Å². The van der Waals surface area contributed by atoms with Crippen molar-refractivity contribution in [1.82, 2.24) is 4.98 Å². The van der Waals surface area contributed by atoms with Crippen molar-refractivity contribution in [2.45, 2.75) is 26.4 Å². The number of ether oxygens (including phenoxy) is 3. The van der Waals surface area contributed by atoms with E-state index in [2.05, 4.69) is 11.1 Å². The van der Waals surface area contributed by atoms with E-state index in [4.69, 9.17) is 19.9 Å². The van der Waals surface area contributed by atoms with Crippen molar-refractivity contribution >= 4 is 22.5 Å². The number of thiazole rings is 1. The summed E-state index contributed by atoms with van der Waals surface area (Å²) >= 11 is 1.44. The average molecular weight is 409 g/mol. The fourth-order valence-corrected chi connectivity index (χ4v) is 4.31. The molecule has 5 nitrogen and oxygen atoms in total. The topological polar surface area (TPSA) is 66.6 Å². The second kappa shape index (κ2) is 7.44. The van der Waals surface area contributed by atoms with E-state index in [1.165, 1.54) is 11.3 Å². The third kappa shape index (κ3) is 3.56. The summed E-state index contributed by atoms with van der Waals surface area (Å²) in [7, 11) is 1.66. The van der Waals surface area contributed by atoms with Crippen LogP contribution in [0.1, 0.15) is 26.3 Å². The number of anilines is 1. The summed E-state index contributed by atoms with van der Waals surface area (Å²) in [5.74, 6) is 2.32. The number of nitrogens with two attached hydrogens (primary N) is 1. The Hall–Kier alpha value is -2.99. The van der Waals surface area contributed by atoms with Crippen molar-refractivity contribution in [3.05, 3.63) is 48.0 Å². The molecule has 0 saturated heterocycles. The van der Waals surface area contributed by atoms with Crippen LogP contribution in [0.2, 0.25) is 0 Å². The molecule has 0 fully saturated rings. The molecule has 3 aromatic rings. The molecule has 0 spiro atoms. The normalized spacial score (nSPS) is 14.2. The van der Waals surface area contributed by atoms with Gasteiger partial charge in [0.25, 0.3) is 0 Å². The molecule has 2 N–H and O–H groups in total. The van der Waals surface area contributed by atoms with E-state index in [1.54, 1.807) is 7.11 Å². The second-order valence-corrected chi connectivity index (χ2v) is 8.29. The van der Waals surface area contributed by atoms with Crippen LogP contribution in [0.15, 0.2) is 42.5 Å². The molecule has 1 aliphatic rings. The Labute approximate surface area is 174 Å². The van der Waals surface area contributed by atoms with Gasteiger partial charge in [0.05, 0.1) is 29.9 Å². The van der Waals surface area contributed by atoms with Gasteiger partial charge in [0.2, 0.25) is 0 Å². The Balaban J connectivity index is 1.95. The van der Waals surface area contributed by atoms with Crippen LogP contribution in [-0.4, -0.2) is 24.3 Å². The van der Waals surface area contributed by atoms with Gasteiger partial charge in [-0.3, -0.25) is 0 Å². The minimum Gasteiger partial charge on any atom is -0.496 e. The molecule has 0 radical (unpaired) electrons. The molecule has 1 aromatic heterocycles. The number of benzene rings is 2. The van der Waals surface area contributed by atoms with Gasteiger partial charge in [-0.25, -0.2) is 4.98 Å². The lowest BCUT2D eigenvalue weighted by molar-refractivity contribution is 0.159. The number of methoxy groups -OCH3 is 1. The number of nitrogen functional groups attached to an aromatic ring is 1. The van der Waals surface area contributed by atoms with Crippen LogP contribution >= 0.6 is 11.3 Å². The molecular formula is C23H24N2O3S. The number of hydrogen-bond donors (Lipinski definition) is 1. The first-order valence-corrected chi connectivity index (χ1v) is 10.3. The molecule has 0 atom stereocenters. The molecule has 0 aliphatic carbocycles. The molecular weight excluding hydrogens is 384 g/mol. The van der Waals surface area contributed by atoms with Crippen LogP contribution < -0.4 is 19.9 Å². The van der Waals surface area contributed by atoms with Gasteiger partial charge >= 0.3 is 0 Å². The molecule has 1 aliphatic heterocycles. The molecule has 2 heterocycles. The maximum Gasteiger partial charge on any atom is 0.181 e. The third-order valence-corrected chi connectivity index (χ3v) is 5.64. The predicted octanol–water partition coefficient (Wildman–Crippen LogP) is 5.65. The van der Waals surface area contributed by atoms with E-state index in [0.29, 0.717) is 11.7 Å². The van der Waals surface area contributed by atoms with E-state index in [0.717, 1.165) is 44.5 Å². The Kier molecular flexibility index (Phi) is 4.96. The van der Waals surface area contributed by atoms with Gasteiger partial charge in [-0.1, -0.05) is 23.5 Å². The Morgan fingerprint density at radius 1 is 1.10 bits per heavy atom. The summed E-state index contributed by atoms with van der Waals surface area (Å²) in [5, 5.41) is 0.495. The van der Waals surface area contributed by atoms with Crippen LogP contribution in [-0.2, 0) is 0 Å². The van der Waals surface area contributed by atoms with Crippen LogP contribution in [0, 0.1) is 0 Å². The SMILES string of the molecule is CCOc1ccc(-c2nc(N)sc2-c2ccccc2OC)c2c1C=CC(C)(C)O2. The van der Waals surface area contributed by atoms with Crippen LogP contribution in [0.5, 0.6) is 17.2 Å². The number of aromatic nitrogens is 1. The second-order valence-electron chi connectivity index (χ2n) is 7.26. The standard InChI is InChI=1S/C23H24N2O3S/c1-5-27-18-11-10-16(20-14(18)12-13-23(2,3)28-20)19-21(29-22(24)25-19)15-8-6-7-9-17(15)26-4/h6-13H,5H2,1-4H3,(H2,24,25). The summed E-state index contributed by atoms with van der Waals surface area (Å²) in [4.78, 5) is 5.61. The zero-order valence-electron chi connectivity index (χ0n) is 17.0. The van der Waals surface area contributed by atoms with Crippen molar-refractivity contribution in [3.8, 4) is 38.9 Å². The molecule has 2 aromatic carbocycles. The van der Waals surface area contributed by atoms with E-state index >= 15 is 0 Å². The third-order valence-electron chi connectivity index (χ3n) is 4.72. The number of rotatable bonds is 5. The van der Waals surface area contributed by atoms with Gasteiger partial charge in [0.1, 0.15) is 22.8 Å². The first-order chi connectivity index (χ1) is 13.9. The van der Waals surface area contributed by atoms with Crippen molar-refractivity contribution in [2.24, 2.45) is 0 Å². The van der Waals surface area contributed by atoms with Crippen molar-refractivity contribution in [3.63, 3.8) is 0 Å². The van der Waals surface area contributed by atoms with Gasteiger partial charge in [-0.15, -0.1) is 0 Å². The Bertz CT molecular complexity index is 1090. The van der Waals surface area contributed by atoms with Crippen molar-refractivity contribution in [2.75, 3.05) is 19.5 Å². The lowest BCUT2D eigenvalue weighted by atomic mass is 9.96. The monoisotopic (exact) mass is 408 g/mol. The van der Waals surface area contributed by atoms with Gasteiger partial charge in [-0.2, -0.15) is 0 Å². The maximum absolute atomic E-state index is 6.37. The lowest BCUT2D eigenvalue weighted by Gasteiger charge is -2.30. The highest BCUT2D eigenvalue weighted by atomic mass is 32.1. The zero-order chi connectivity index (χ0) is 20.6. The van der Waals surface area contributed by atoms with Gasteiger partial charge < -0.3 is 19.9 Å². The summed E-state index contributed by atoms with van der Waals surface area (Å²) in [5.41, 5.74) is 9.24. The highest BCUT2D eigenvalue weighted by Gasteiger charge is 2.29. The van der Waals surface area contributed by atoms with Crippen LogP contribution in [0.4, 0.5) is 5.13 Å². The fourth-order valence-electron chi connectivity index (χ4n) is 3.43. The van der Waals surface area contributed by atoms with E-state index < -0.39 is 5.60 Å². The molecule has 0 amide bonds. The smallest absolute Gasteiger partial charge is 0.181 e. The minimum atomic E-state index is -0.432. The number of para-hydroxylation sites is 1. The first-order valence-electron chi connectivity index (χ1n) is 9.51. The lowest BCUT2D eigenvalue weighted by Crippen LogP contribution is -2.28. The van der Waals surface area contributed by atoms with Gasteiger partial charge in [-0.05, 0) is 57.2 Å². The summed E-state index contributed by atoms with van der Waals surface area (Å²) in [6.07, 6.45) is 4.10. The molecule has 29 heavy (non-hydrogen) atoms. The maximum atomic E-state index is 6.37. The van der Waals surface area contributed by atoms with E-state index in [-0.39, 0.29) is 0 Å². The molecule has 4 rings (SSSR count). The average Bonchev–Trinajstić information content (AvgIpc) is 3.08. The predicted molar refractivity (Wildman–Crippen MR) is 119 cm³/mol. The van der Waals surface area contributed by atoms with E-state index in [9.17, 15) is 0 Å². The summed E-state index contributed by atoms with van der Waals surface area (Å²) < 4.78 is 17.8. The molecule has 150 valence electrons. The zero-order valence-corrected chi connectivity index (χ0v) is 17.8. The minimum absolute atomic E-state index is 0.432. The van der Waals surface area contributed by atoms with Crippen LogP contribution in [0.3, 0.4) is 0 Å². The van der Waals surface area contributed by atoms with Crippen LogP contribution in [0.25, 0.3) is 27.8 Å². The number of nitrogens with zero attached hydrogens (tertiary/aromatic N) is 1. The van der Waals surface area contributed by atoms with Crippen molar-refractivity contribution < 1.29 is 14.2 Å². The highest BCUT2D eigenvalue weighted by Crippen LogP contribution is 2.49. The number of hydrogen-bond acceptors (Lipinski definition) is 6. The molecule has 0 saturated carbocycles. The summed E-state index contributed by atoms with van der Waals surface area (Å²) in [6, 6.07) is 11.8. The Morgan fingerprint density at radius 3 is 2.66 bits per heavy atom. The fraction of sp³-hybridized carbons (Fsp3) is 0.261. The molecule has 0 unspecified atom stereocenters. The Morgan fingerprint density at radius 2 is 1.90 bits per heavy atom. The largest absolute Gasteiger partial charge is 0.496 e. The number of fused-ring (bicyclic) bond motifs is 1.